The van der Waals surface area contributed by atoms with E-state index in [1.54, 1.807) is 0 Å². The van der Waals surface area contributed by atoms with Crippen molar-refractivity contribution in [1.29, 1.82) is 0 Å². The third-order valence-corrected chi connectivity index (χ3v) is 9.13. The first-order valence-electron chi connectivity index (χ1n) is 21.9. The molecule has 5 nitrogen and oxygen atoms in total. The van der Waals surface area contributed by atoms with Gasteiger partial charge in [0, 0.05) is 12.8 Å². The van der Waals surface area contributed by atoms with Crippen LogP contribution in [-0.4, -0.2) is 30.1 Å². The van der Waals surface area contributed by atoms with E-state index < -0.39 is 5.97 Å². The molecule has 0 unspecified atom stereocenters. The predicted octanol–water partition coefficient (Wildman–Crippen LogP) is 14.0. The van der Waals surface area contributed by atoms with Crippen LogP contribution in [0.15, 0.2) is 0 Å². The first-order chi connectivity index (χ1) is 23.7. The number of carbonyl (C=O) groups excluding carboxylic acids is 1. The van der Waals surface area contributed by atoms with Crippen LogP contribution in [0.2, 0.25) is 0 Å². The van der Waals surface area contributed by atoms with Crippen LogP contribution in [0.5, 0.6) is 0 Å². The summed E-state index contributed by atoms with van der Waals surface area (Å²) in [5, 5.41) is 11.9. The molecule has 0 spiro atoms. The fourth-order valence-corrected chi connectivity index (χ4v) is 5.98. The molecule has 0 aromatic heterocycles. The highest BCUT2D eigenvalue weighted by molar-refractivity contribution is 5.73. The van der Waals surface area contributed by atoms with Crippen LogP contribution in [0.25, 0.3) is 0 Å². The molecule has 0 saturated carbocycles. The van der Waals surface area contributed by atoms with Crippen molar-refractivity contribution in [3.8, 4) is 0 Å². The lowest BCUT2D eigenvalue weighted by Crippen LogP contribution is -2.23. The van der Waals surface area contributed by atoms with E-state index in [1.807, 2.05) is 0 Å². The molecule has 0 radical (unpaired) electrons. The highest BCUT2D eigenvalue weighted by atomic mass is 16.4. The molecule has 0 heterocycles. The van der Waals surface area contributed by atoms with Gasteiger partial charge in [0.1, 0.15) is 0 Å². The average Bonchev–Trinajstić information content (AvgIpc) is 3.04. The predicted molar refractivity (Wildman–Crippen MR) is 218 cm³/mol. The highest BCUT2D eigenvalue weighted by Crippen LogP contribution is 2.15. The van der Waals surface area contributed by atoms with Crippen LogP contribution in [0, 0.1) is 11.8 Å². The standard InChI is InChI=1S/C18H37NO.C18H36O2.C8H19N/c2*1-2-3-4-5-6-7-8-9-10-11-12-13-14-15-16-17-18(19)20;1-7(2)5-9-6-8(3)4/h2-17H2,1H3,(H2,19,20);2-17H2,1H3,(H,19,20);7-9H,5-6H2,1-4H3. The number of nitrogens with one attached hydrogen (secondary N) is 1. The minimum absolute atomic E-state index is 0.153. The van der Waals surface area contributed by atoms with Crippen molar-refractivity contribution in [2.75, 3.05) is 13.1 Å². The van der Waals surface area contributed by atoms with Gasteiger partial charge in [0.2, 0.25) is 5.91 Å². The summed E-state index contributed by atoms with van der Waals surface area (Å²) in [6, 6.07) is 0. The number of carboxylic acids is 1. The minimum atomic E-state index is -0.653. The van der Waals surface area contributed by atoms with Crippen molar-refractivity contribution >= 4 is 11.9 Å². The van der Waals surface area contributed by atoms with Gasteiger partial charge >= 0.3 is 5.97 Å². The number of unbranched alkanes of at least 4 members (excludes halogenated alkanes) is 28. The van der Waals surface area contributed by atoms with Gasteiger partial charge in [0.05, 0.1) is 0 Å². The lowest BCUT2D eigenvalue weighted by Gasteiger charge is -2.08. The number of carboxylic acid groups (broad SMARTS) is 1. The smallest absolute Gasteiger partial charge is 0.303 e. The van der Waals surface area contributed by atoms with E-state index in [2.05, 4.69) is 46.9 Å². The van der Waals surface area contributed by atoms with Crippen molar-refractivity contribution < 1.29 is 14.7 Å². The number of hydrogen-bond acceptors (Lipinski definition) is 3. The first kappa shape index (κ1) is 52.3. The summed E-state index contributed by atoms with van der Waals surface area (Å²) in [4.78, 5) is 20.9. The number of primary amides is 1. The molecular formula is C44H92N2O3. The molecule has 0 aromatic rings. The van der Waals surface area contributed by atoms with Gasteiger partial charge in [-0.2, -0.15) is 0 Å². The molecule has 0 atom stereocenters. The average molecular weight is 697 g/mol. The molecular weight excluding hydrogens is 604 g/mol. The Balaban J connectivity index is -0.000000695. The number of carbonyl (C=O) groups is 2. The van der Waals surface area contributed by atoms with Crippen molar-refractivity contribution in [1.82, 2.24) is 5.32 Å². The van der Waals surface area contributed by atoms with Crippen molar-refractivity contribution in [3.63, 3.8) is 0 Å². The van der Waals surface area contributed by atoms with E-state index in [0.29, 0.717) is 12.8 Å². The summed E-state index contributed by atoms with van der Waals surface area (Å²) in [6.07, 6.45) is 41.1. The van der Waals surface area contributed by atoms with E-state index in [0.717, 1.165) is 44.2 Å². The Hall–Kier alpha value is -1.10. The van der Waals surface area contributed by atoms with Crippen LogP contribution in [-0.2, 0) is 9.59 Å². The Bertz CT molecular complexity index is 571. The largest absolute Gasteiger partial charge is 0.481 e. The topological polar surface area (TPSA) is 92.4 Å². The Morgan fingerprint density at radius 3 is 0.857 bits per heavy atom. The Labute approximate surface area is 308 Å². The van der Waals surface area contributed by atoms with Gasteiger partial charge in [-0.3, -0.25) is 9.59 Å². The summed E-state index contributed by atoms with van der Waals surface area (Å²) < 4.78 is 0. The first-order valence-corrected chi connectivity index (χ1v) is 21.9. The molecule has 4 N–H and O–H groups in total. The van der Waals surface area contributed by atoms with E-state index in [-0.39, 0.29) is 5.91 Å². The number of amides is 1. The van der Waals surface area contributed by atoms with Gasteiger partial charge in [-0.15, -0.1) is 0 Å². The maximum Gasteiger partial charge on any atom is 0.303 e. The quantitative estimate of drug-likeness (QED) is 0.0568. The second-order valence-electron chi connectivity index (χ2n) is 15.7. The molecule has 1 amide bonds. The maximum atomic E-state index is 10.6. The van der Waals surface area contributed by atoms with E-state index in [1.165, 1.54) is 173 Å². The van der Waals surface area contributed by atoms with Gasteiger partial charge in [-0.25, -0.2) is 0 Å². The third-order valence-electron chi connectivity index (χ3n) is 9.13. The van der Waals surface area contributed by atoms with Gasteiger partial charge in [-0.05, 0) is 37.8 Å². The van der Waals surface area contributed by atoms with E-state index in [4.69, 9.17) is 10.8 Å². The summed E-state index contributed by atoms with van der Waals surface area (Å²) in [5.74, 6) is 0.756. The van der Waals surface area contributed by atoms with Gasteiger partial charge < -0.3 is 16.2 Å². The van der Waals surface area contributed by atoms with E-state index in [9.17, 15) is 9.59 Å². The molecule has 0 bridgehead atoms. The van der Waals surface area contributed by atoms with Crippen molar-refractivity contribution in [2.24, 2.45) is 17.6 Å². The van der Waals surface area contributed by atoms with Crippen LogP contribution in [0.4, 0.5) is 0 Å². The molecule has 5 heteroatoms. The third kappa shape index (κ3) is 62.5. The second-order valence-corrected chi connectivity index (χ2v) is 15.7. The summed E-state index contributed by atoms with van der Waals surface area (Å²) >= 11 is 0. The SMILES string of the molecule is CC(C)CNCC(C)C.CCCCCCCCCCCCCCCCCC(=O)O.CCCCCCCCCCCCCCCCCC(N)=O. The highest BCUT2D eigenvalue weighted by Gasteiger charge is 1.98. The zero-order valence-electron chi connectivity index (χ0n) is 34.5. The molecule has 0 saturated heterocycles. The molecule has 296 valence electrons. The normalized spacial score (nSPS) is 10.9. The van der Waals surface area contributed by atoms with Crippen LogP contribution >= 0.6 is 0 Å². The van der Waals surface area contributed by atoms with Gasteiger partial charge in [-0.1, -0.05) is 221 Å². The molecule has 0 fully saturated rings. The number of hydrogen-bond donors (Lipinski definition) is 3. The number of rotatable bonds is 36. The zero-order chi connectivity index (χ0) is 37.1. The van der Waals surface area contributed by atoms with Crippen LogP contribution in [0.1, 0.15) is 247 Å². The number of nitrogens with two attached hydrogens (primary N) is 1. The molecule has 49 heavy (non-hydrogen) atoms. The molecule has 0 aliphatic heterocycles. The van der Waals surface area contributed by atoms with Gasteiger partial charge in [0.15, 0.2) is 0 Å². The van der Waals surface area contributed by atoms with E-state index >= 15 is 0 Å². The van der Waals surface area contributed by atoms with Crippen molar-refractivity contribution in [2.45, 2.75) is 247 Å². The maximum absolute atomic E-state index is 10.6. The van der Waals surface area contributed by atoms with Crippen molar-refractivity contribution in [3.05, 3.63) is 0 Å². The molecule has 0 rings (SSSR count). The lowest BCUT2D eigenvalue weighted by molar-refractivity contribution is -0.137. The Kier molecular flexibility index (Phi) is 50.0. The zero-order valence-corrected chi connectivity index (χ0v) is 34.5. The molecule has 0 aliphatic carbocycles. The Morgan fingerprint density at radius 1 is 0.429 bits per heavy atom. The lowest BCUT2D eigenvalue weighted by atomic mass is 10.0. The fraction of sp³-hybridized carbons (Fsp3) is 0.955. The summed E-state index contributed by atoms with van der Waals surface area (Å²) in [7, 11) is 0. The molecule has 0 aromatic carbocycles. The minimum Gasteiger partial charge on any atom is -0.481 e. The summed E-state index contributed by atoms with van der Waals surface area (Å²) in [6.45, 7) is 15.8. The Morgan fingerprint density at radius 2 is 0.653 bits per heavy atom. The second kappa shape index (κ2) is 46.9. The number of aliphatic carboxylic acids is 1. The fourth-order valence-electron chi connectivity index (χ4n) is 5.98. The van der Waals surface area contributed by atoms with Crippen LogP contribution < -0.4 is 11.1 Å². The monoisotopic (exact) mass is 697 g/mol. The van der Waals surface area contributed by atoms with Crippen LogP contribution in [0.3, 0.4) is 0 Å². The van der Waals surface area contributed by atoms with Gasteiger partial charge in [0.25, 0.3) is 0 Å². The molecule has 0 aliphatic rings. The summed E-state index contributed by atoms with van der Waals surface area (Å²) in [5.41, 5.74) is 5.11.